The average molecular weight is 232 g/mol. The van der Waals surface area contributed by atoms with E-state index in [1.54, 1.807) is 6.92 Å². The molecule has 2 atom stereocenters. The highest BCUT2D eigenvalue weighted by molar-refractivity contribution is 5.89. The van der Waals surface area contributed by atoms with E-state index in [-0.39, 0.29) is 6.42 Å². The molecule has 0 saturated carbocycles. The molecule has 3 N–H and O–H groups in total. The zero-order valence-electron chi connectivity index (χ0n) is 8.54. The lowest BCUT2D eigenvalue weighted by atomic mass is 10.2. The number of carbonyl (C=O) groups is 2. The SMILES string of the molecule is CCC(=O)OCC(O)[C@@H]1OC(=O)C(O)=C1O. The Morgan fingerprint density at radius 3 is 2.62 bits per heavy atom. The van der Waals surface area contributed by atoms with Crippen molar-refractivity contribution in [2.24, 2.45) is 0 Å². The summed E-state index contributed by atoms with van der Waals surface area (Å²) in [7, 11) is 0. The van der Waals surface area contributed by atoms with E-state index in [9.17, 15) is 19.8 Å². The second-order valence-electron chi connectivity index (χ2n) is 3.16. The number of aliphatic hydroxyl groups is 3. The molecule has 16 heavy (non-hydrogen) atoms. The summed E-state index contributed by atoms with van der Waals surface area (Å²) in [6, 6.07) is 0. The molecule has 7 heteroatoms. The van der Waals surface area contributed by atoms with Crippen molar-refractivity contribution in [3.8, 4) is 0 Å². The molecule has 0 aromatic rings. The van der Waals surface area contributed by atoms with E-state index in [0.717, 1.165) is 0 Å². The van der Waals surface area contributed by atoms with Gasteiger partial charge in [-0.2, -0.15) is 0 Å². The Balaban J connectivity index is 2.53. The molecule has 7 nitrogen and oxygen atoms in total. The minimum Gasteiger partial charge on any atom is -0.505 e. The molecule has 0 amide bonds. The Morgan fingerprint density at radius 1 is 1.56 bits per heavy atom. The summed E-state index contributed by atoms with van der Waals surface area (Å²) >= 11 is 0. The van der Waals surface area contributed by atoms with Crippen molar-refractivity contribution in [2.45, 2.75) is 25.6 Å². The maximum absolute atomic E-state index is 10.8. The summed E-state index contributed by atoms with van der Waals surface area (Å²) in [5.74, 6) is -3.35. The minimum atomic E-state index is -1.41. The fraction of sp³-hybridized carbons (Fsp3) is 0.556. The molecular formula is C9H12O7. The number of rotatable bonds is 4. The van der Waals surface area contributed by atoms with Crippen molar-refractivity contribution in [1.82, 2.24) is 0 Å². The molecule has 1 rings (SSSR count). The first-order valence-corrected chi connectivity index (χ1v) is 4.64. The van der Waals surface area contributed by atoms with Gasteiger partial charge in [0.2, 0.25) is 5.76 Å². The Bertz CT molecular complexity index is 333. The van der Waals surface area contributed by atoms with Crippen molar-refractivity contribution in [2.75, 3.05) is 6.61 Å². The molecule has 0 fully saturated rings. The summed E-state index contributed by atoms with van der Waals surface area (Å²) in [5, 5.41) is 27.6. The second kappa shape index (κ2) is 4.84. The molecule has 0 bridgehead atoms. The molecule has 1 aliphatic rings. The van der Waals surface area contributed by atoms with Crippen molar-refractivity contribution in [3.05, 3.63) is 11.5 Å². The van der Waals surface area contributed by atoms with Gasteiger partial charge in [-0.05, 0) is 0 Å². The van der Waals surface area contributed by atoms with Gasteiger partial charge < -0.3 is 24.8 Å². The lowest BCUT2D eigenvalue weighted by molar-refractivity contribution is -0.154. The van der Waals surface area contributed by atoms with Crippen LogP contribution < -0.4 is 0 Å². The number of cyclic esters (lactones) is 1. The summed E-state index contributed by atoms with van der Waals surface area (Å²) in [5.41, 5.74) is 0. The van der Waals surface area contributed by atoms with E-state index in [4.69, 9.17) is 5.11 Å². The number of ether oxygens (including phenoxy) is 2. The molecular weight excluding hydrogens is 220 g/mol. The third-order valence-electron chi connectivity index (χ3n) is 1.99. The Morgan fingerprint density at radius 2 is 2.19 bits per heavy atom. The molecule has 0 radical (unpaired) electrons. The van der Waals surface area contributed by atoms with E-state index < -0.39 is 42.3 Å². The minimum absolute atomic E-state index is 0.143. The van der Waals surface area contributed by atoms with Gasteiger partial charge >= 0.3 is 11.9 Å². The molecule has 0 aliphatic carbocycles. The standard InChI is InChI=1S/C9H12O7/c1-2-5(11)15-3-4(10)8-6(12)7(13)9(14)16-8/h4,8,10,12-13H,2-3H2,1H3/t4?,8-/m0/s1. The third kappa shape index (κ3) is 2.43. The third-order valence-corrected chi connectivity index (χ3v) is 1.99. The zero-order chi connectivity index (χ0) is 12.3. The van der Waals surface area contributed by atoms with Crippen molar-refractivity contribution in [1.29, 1.82) is 0 Å². The largest absolute Gasteiger partial charge is 0.505 e. The molecule has 1 unspecified atom stereocenters. The van der Waals surface area contributed by atoms with Crippen LogP contribution >= 0.6 is 0 Å². The summed E-state index contributed by atoms with van der Waals surface area (Å²) in [4.78, 5) is 21.6. The Kier molecular flexibility index (Phi) is 3.73. The second-order valence-corrected chi connectivity index (χ2v) is 3.16. The van der Waals surface area contributed by atoms with Crippen LogP contribution in [0.2, 0.25) is 0 Å². The van der Waals surface area contributed by atoms with Gasteiger partial charge in [-0.15, -0.1) is 0 Å². The van der Waals surface area contributed by atoms with Gasteiger partial charge in [0.1, 0.15) is 12.7 Å². The van der Waals surface area contributed by atoms with Crippen LogP contribution in [0.1, 0.15) is 13.3 Å². The van der Waals surface area contributed by atoms with Crippen LogP contribution in [-0.2, 0) is 19.1 Å². The Labute approximate surface area is 90.9 Å². The lowest BCUT2D eigenvalue weighted by Gasteiger charge is -2.16. The number of aliphatic hydroxyl groups excluding tert-OH is 3. The van der Waals surface area contributed by atoms with Gasteiger partial charge in [0, 0.05) is 6.42 Å². The molecule has 90 valence electrons. The number of esters is 2. The summed E-state index contributed by atoms with van der Waals surface area (Å²) in [6.07, 6.45) is -2.66. The fourth-order valence-electron chi connectivity index (χ4n) is 1.09. The lowest BCUT2D eigenvalue weighted by Crippen LogP contribution is -2.33. The van der Waals surface area contributed by atoms with Crippen molar-refractivity contribution < 1.29 is 34.4 Å². The van der Waals surface area contributed by atoms with Crippen LogP contribution in [-0.4, -0.2) is 46.1 Å². The van der Waals surface area contributed by atoms with Crippen LogP contribution in [0.3, 0.4) is 0 Å². The monoisotopic (exact) mass is 232 g/mol. The highest BCUT2D eigenvalue weighted by atomic mass is 16.6. The van der Waals surface area contributed by atoms with Gasteiger partial charge in [-0.1, -0.05) is 6.92 Å². The predicted molar refractivity (Wildman–Crippen MR) is 49.4 cm³/mol. The van der Waals surface area contributed by atoms with Gasteiger partial charge in [0.15, 0.2) is 11.9 Å². The zero-order valence-corrected chi connectivity index (χ0v) is 8.54. The normalized spacial score (nSPS) is 21.9. The maximum Gasteiger partial charge on any atom is 0.377 e. The topological polar surface area (TPSA) is 113 Å². The first-order valence-electron chi connectivity index (χ1n) is 4.64. The molecule has 1 heterocycles. The van der Waals surface area contributed by atoms with Gasteiger partial charge in [0.05, 0.1) is 0 Å². The van der Waals surface area contributed by atoms with Gasteiger partial charge in [-0.25, -0.2) is 4.79 Å². The van der Waals surface area contributed by atoms with Gasteiger partial charge in [0.25, 0.3) is 0 Å². The fourth-order valence-corrected chi connectivity index (χ4v) is 1.09. The first-order chi connectivity index (χ1) is 7.47. The quantitative estimate of drug-likeness (QED) is 0.562. The van der Waals surface area contributed by atoms with Gasteiger partial charge in [-0.3, -0.25) is 4.79 Å². The van der Waals surface area contributed by atoms with Crippen LogP contribution in [0.4, 0.5) is 0 Å². The first kappa shape index (κ1) is 12.3. The molecule has 0 saturated heterocycles. The highest BCUT2D eigenvalue weighted by Gasteiger charge is 2.39. The van der Waals surface area contributed by atoms with Crippen molar-refractivity contribution >= 4 is 11.9 Å². The number of hydrogen-bond donors (Lipinski definition) is 3. The molecule has 0 spiro atoms. The van der Waals surface area contributed by atoms with E-state index in [1.807, 2.05) is 0 Å². The molecule has 0 aromatic heterocycles. The maximum atomic E-state index is 10.8. The molecule has 0 aromatic carbocycles. The molecule has 1 aliphatic heterocycles. The van der Waals surface area contributed by atoms with Crippen LogP contribution in [0, 0.1) is 0 Å². The van der Waals surface area contributed by atoms with Crippen LogP contribution in [0.5, 0.6) is 0 Å². The van der Waals surface area contributed by atoms with Crippen LogP contribution in [0.15, 0.2) is 11.5 Å². The van der Waals surface area contributed by atoms with Crippen molar-refractivity contribution in [3.63, 3.8) is 0 Å². The number of hydrogen-bond acceptors (Lipinski definition) is 7. The Hall–Kier alpha value is -1.76. The number of carbonyl (C=O) groups excluding carboxylic acids is 2. The highest BCUT2D eigenvalue weighted by Crippen LogP contribution is 2.21. The van der Waals surface area contributed by atoms with E-state index in [0.29, 0.717) is 0 Å². The summed E-state index contributed by atoms with van der Waals surface area (Å²) < 4.78 is 9.05. The van der Waals surface area contributed by atoms with E-state index >= 15 is 0 Å². The van der Waals surface area contributed by atoms with E-state index in [1.165, 1.54) is 0 Å². The van der Waals surface area contributed by atoms with Crippen LogP contribution in [0.25, 0.3) is 0 Å². The van der Waals surface area contributed by atoms with E-state index in [2.05, 4.69) is 9.47 Å². The predicted octanol–water partition coefficient (Wildman–Crippen LogP) is -0.446. The smallest absolute Gasteiger partial charge is 0.377 e. The average Bonchev–Trinajstić information content (AvgIpc) is 2.53. The summed E-state index contributed by atoms with van der Waals surface area (Å²) in [6.45, 7) is 1.15.